The van der Waals surface area contributed by atoms with E-state index in [9.17, 15) is 8.42 Å². The van der Waals surface area contributed by atoms with E-state index in [1.54, 1.807) is 32.0 Å². The van der Waals surface area contributed by atoms with Crippen LogP contribution in [0.4, 0.5) is 5.69 Å². The van der Waals surface area contributed by atoms with E-state index in [1.807, 2.05) is 0 Å². The van der Waals surface area contributed by atoms with Crippen LogP contribution >= 0.6 is 34.2 Å². The lowest BCUT2D eigenvalue weighted by atomic mass is 10.3. The Labute approximate surface area is 108 Å². The highest BCUT2D eigenvalue weighted by molar-refractivity contribution is 14.1. The third-order valence-corrected chi connectivity index (χ3v) is 4.53. The van der Waals surface area contributed by atoms with E-state index in [4.69, 9.17) is 11.6 Å². The molecule has 1 aromatic carbocycles. The monoisotopic (exact) mass is 359 g/mol. The number of sulfonamides is 1. The van der Waals surface area contributed by atoms with Crippen LogP contribution in [0.25, 0.3) is 0 Å². The lowest BCUT2D eigenvalue weighted by Gasteiger charge is -2.11. The minimum Gasteiger partial charge on any atom is -0.282 e. The molecule has 0 radical (unpaired) electrons. The van der Waals surface area contributed by atoms with Crippen molar-refractivity contribution in [2.75, 3.05) is 4.72 Å². The van der Waals surface area contributed by atoms with E-state index in [0.29, 0.717) is 10.7 Å². The van der Waals surface area contributed by atoms with Crippen molar-refractivity contribution in [3.8, 4) is 0 Å². The summed E-state index contributed by atoms with van der Waals surface area (Å²) in [5.41, 5.74) is 0.422. The first-order valence-electron chi connectivity index (χ1n) is 4.29. The molecular formula is C9H11ClINO2S. The topological polar surface area (TPSA) is 46.2 Å². The van der Waals surface area contributed by atoms with Crippen LogP contribution in [0.3, 0.4) is 0 Å². The maximum absolute atomic E-state index is 11.6. The fourth-order valence-electron chi connectivity index (χ4n) is 0.843. The molecule has 0 aromatic heterocycles. The van der Waals surface area contributed by atoms with Crippen molar-refractivity contribution in [3.63, 3.8) is 0 Å². The Hall–Kier alpha value is -0.0100. The summed E-state index contributed by atoms with van der Waals surface area (Å²) in [5.74, 6) is 0. The summed E-state index contributed by atoms with van der Waals surface area (Å²) in [5, 5.41) is -0.0704. The van der Waals surface area contributed by atoms with Crippen LogP contribution in [0.2, 0.25) is 5.02 Å². The van der Waals surface area contributed by atoms with Gasteiger partial charge in [-0.1, -0.05) is 11.6 Å². The van der Waals surface area contributed by atoms with Gasteiger partial charge in [-0.05, 0) is 54.6 Å². The molecule has 0 bridgehead atoms. The van der Waals surface area contributed by atoms with Crippen molar-refractivity contribution in [1.29, 1.82) is 0 Å². The predicted molar refractivity (Wildman–Crippen MR) is 71.8 cm³/mol. The Morgan fingerprint density at radius 2 is 2.00 bits per heavy atom. The second-order valence-corrected chi connectivity index (χ2v) is 7.21. The number of hydrogen-bond acceptors (Lipinski definition) is 2. The van der Waals surface area contributed by atoms with Gasteiger partial charge >= 0.3 is 0 Å². The molecule has 0 aliphatic carbocycles. The lowest BCUT2D eigenvalue weighted by Crippen LogP contribution is -2.22. The maximum Gasteiger partial charge on any atom is 0.235 e. The Balaban J connectivity index is 3.01. The summed E-state index contributed by atoms with van der Waals surface area (Å²) in [4.78, 5) is 0. The van der Waals surface area contributed by atoms with E-state index in [-0.39, 0.29) is 0 Å². The zero-order chi connectivity index (χ0) is 11.6. The van der Waals surface area contributed by atoms with E-state index < -0.39 is 15.3 Å². The maximum atomic E-state index is 11.6. The Bertz CT molecular complexity index is 459. The molecule has 0 aliphatic heterocycles. The third kappa shape index (κ3) is 3.49. The van der Waals surface area contributed by atoms with Crippen molar-refractivity contribution < 1.29 is 8.42 Å². The largest absolute Gasteiger partial charge is 0.282 e. The highest BCUT2D eigenvalue weighted by Gasteiger charge is 2.16. The summed E-state index contributed by atoms with van der Waals surface area (Å²) >= 11 is 8.02. The van der Waals surface area contributed by atoms with Crippen LogP contribution in [-0.2, 0) is 10.0 Å². The van der Waals surface area contributed by atoms with Crippen LogP contribution in [0.15, 0.2) is 18.2 Å². The highest BCUT2D eigenvalue weighted by Crippen LogP contribution is 2.25. The van der Waals surface area contributed by atoms with Crippen molar-refractivity contribution in [2.24, 2.45) is 0 Å². The molecule has 0 aliphatic rings. The van der Waals surface area contributed by atoms with Gasteiger partial charge in [0.2, 0.25) is 10.0 Å². The molecule has 3 nitrogen and oxygen atoms in total. The van der Waals surface area contributed by atoms with Crippen LogP contribution in [-0.4, -0.2) is 13.7 Å². The molecule has 0 atom stereocenters. The fourth-order valence-corrected chi connectivity index (χ4v) is 2.52. The first-order valence-corrected chi connectivity index (χ1v) is 7.30. The standard InChI is InChI=1S/C9H11ClINO2S/c1-6(2)15(13,14)12-9-4-3-7(11)5-8(9)10/h3-6,12H,1-2H3. The molecule has 84 valence electrons. The highest BCUT2D eigenvalue weighted by atomic mass is 127. The predicted octanol–water partition coefficient (Wildman–Crippen LogP) is 3.09. The summed E-state index contributed by atoms with van der Waals surface area (Å²) in [6.07, 6.45) is 0. The Morgan fingerprint density at radius 1 is 1.40 bits per heavy atom. The summed E-state index contributed by atoms with van der Waals surface area (Å²) < 4.78 is 26.5. The van der Waals surface area contributed by atoms with E-state index in [1.165, 1.54) is 0 Å². The van der Waals surface area contributed by atoms with Crippen molar-refractivity contribution in [2.45, 2.75) is 19.1 Å². The molecule has 0 spiro atoms. The fraction of sp³-hybridized carbons (Fsp3) is 0.333. The SMILES string of the molecule is CC(C)S(=O)(=O)Nc1ccc(I)cc1Cl. The summed E-state index contributed by atoms with van der Waals surface area (Å²) in [7, 11) is -3.32. The molecule has 0 heterocycles. The van der Waals surface area contributed by atoms with E-state index >= 15 is 0 Å². The molecule has 1 aromatic rings. The molecule has 1 N–H and O–H groups in total. The first-order chi connectivity index (χ1) is 6.83. The number of hydrogen-bond donors (Lipinski definition) is 1. The number of anilines is 1. The number of rotatable bonds is 3. The average Bonchev–Trinajstić information content (AvgIpc) is 2.09. The smallest absolute Gasteiger partial charge is 0.235 e. The normalized spacial score (nSPS) is 11.8. The van der Waals surface area contributed by atoms with Crippen LogP contribution in [0.1, 0.15) is 13.8 Å². The zero-order valence-electron chi connectivity index (χ0n) is 8.29. The van der Waals surface area contributed by atoms with Gasteiger partial charge in [0.05, 0.1) is 16.0 Å². The van der Waals surface area contributed by atoms with Gasteiger partial charge in [0, 0.05) is 3.57 Å². The molecule has 0 saturated heterocycles. The second kappa shape index (κ2) is 4.88. The van der Waals surface area contributed by atoms with Gasteiger partial charge in [-0.25, -0.2) is 8.42 Å². The van der Waals surface area contributed by atoms with Gasteiger partial charge in [-0.15, -0.1) is 0 Å². The van der Waals surface area contributed by atoms with Crippen molar-refractivity contribution in [1.82, 2.24) is 0 Å². The average molecular weight is 360 g/mol. The zero-order valence-corrected chi connectivity index (χ0v) is 12.0. The summed E-state index contributed by atoms with van der Waals surface area (Å²) in [6.45, 7) is 3.23. The van der Waals surface area contributed by atoms with Gasteiger partial charge < -0.3 is 0 Å². The van der Waals surface area contributed by atoms with E-state index in [2.05, 4.69) is 27.3 Å². The molecule has 1 rings (SSSR count). The van der Waals surface area contributed by atoms with Crippen LogP contribution in [0, 0.1) is 3.57 Å². The quantitative estimate of drug-likeness (QED) is 0.843. The molecule has 0 fully saturated rings. The van der Waals surface area contributed by atoms with Gasteiger partial charge in [-0.3, -0.25) is 4.72 Å². The first kappa shape index (κ1) is 13.1. The minimum absolute atomic E-state index is 0.408. The summed E-state index contributed by atoms with van der Waals surface area (Å²) in [6, 6.07) is 5.16. The molecular weight excluding hydrogens is 349 g/mol. The van der Waals surface area contributed by atoms with E-state index in [0.717, 1.165) is 3.57 Å². The molecule has 15 heavy (non-hydrogen) atoms. The molecule has 6 heteroatoms. The Morgan fingerprint density at radius 3 is 2.47 bits per heavy atom. The second-order valence-electron chi connectivity index (χ2n) is 3.32. The van der Waals surface area contributed by atoms with Gasteiger partial charge in [0.15, 0.2) is 0 Å². The Kier molecular flexibility index (Phi) is 4.25. The van der Waals surface area contributed by atoms with Crippen molar-refractivity contribution >= 4 is 49.9 Å². The molecule has 0 unspecified atom stereocenters. The van der Waals surface area contributed by atoms with Crippen LogP contribution < -0.4 is 4.72 Å². The van der Waals surface area contributed by atoms with Gasteiger partial charge in [0.25, 0.3) is 0 Å². The molecule has 0 amide bonds. The van der Waals surface area contributed by atoms with Gasteiger partial charge in [-0.2, -0.15) is 0 Å². The van der Waals surface area contributed by atoms with Gasteiger partial charge in [0.1, 0.15) is 0 Å². The third-order valence-electron chi connectivity index (χ3n) is 1.80. The number of benzene rings is 1. The van der Waals surface area contributed by atoms with Crippen molar-refractivity contribution in [3.05, 3.63) is 26.8 Å². The lowest BCUT2D eigenvalue weighted by molar-refractivity contribution is 0.593. The number of halogens is 2. The van der Waals surface area contributed by atoms with Crippen LogP contribution in [0.5, 0.6) is 0 Å². The number of nitrogens with one attached hydrogen (secondary N) is 1. The molecule has 0 saturated carbocycles. The minimum atomic E-state index is -3.32.